The lowest BCUT2D eigenvalue weighted by Crippen LogP contribution is -2.17. The standard InChI is InChI=1S/C16H16N4O2/c1-11-5-4-8-14(18-11)20-15(21)9-10-17-16-19-12-6-2-3-7-13(12)22-16/h2-8H,9-10H2,1H3,(H,17,19)(H,18,20,21). The van der Waals surface area contributed by atoms with Gasteiger partial charge in [0.15, 0.2) is 5.58 Å². The molecule has 2 N–H and O–H groups in total. The number of nitrogens with zero attached hydrogens (tertiary/aromatic N) is 2. The first kappa shape index (κ1) is 14.1. The summed E-state index contributed by atoms with van der Waals surface area (Å²) >= 11 is 0. The largest absolute Gasteiger partial charge is 0.424 e. The van der Waals surface area contributed by atoms with Crippen molar-refractivity contribution >= 4 is 28.8 Å². The molecule has 0 aliphatic rings. The van der Waals surface area contributed by atoms with Crippen LogP contribution in [0.25, 0.3) is 11.1 Å². The zero-order chi connectivity index (χ0) is 15.4. The van der Waals surface area contributed by atoms with Gasteiger partial charge in [0.2, 0.25) is 5.91 Å². The van der Waals surface area contributed by atoms with Crippen LogP contribution < -0.4 is 10.6 Å². The number of amides is 1. The second-order valence-electron chi connectivity index (χ2n) is 4.88. The normalized spacial score (nSPS) is 10.6. The number of hydrogen-bond acceptors (Lipinski definition) is 5. The molecule has 0 unspecified atom stereocenters. The number of carbonyl (C=O) groups excluding carboxylic acids is 1. The van der Waals surface area contributed by atoms with Crippen LogP contribution in [0.3, 0.4) is 0 Å². The Hall–Kier alpha value is -2.89. The van der Waals surface area contributed by atoms with Gasteiger partial charge in [-0.25, -0.2) is 4.98 Å². The molecule has 1 aromatic carbocycles. The lowest BCUT2D eigenvalue weighted by atomic mass is 10.3. The first-order valence-corrected chi connectivity index (χ1v) is 7.04. The number of carbonyl (C=O) groups is 1. The third kappa shape index (κ3) is 3.41. The molecule has 3 aromatic rings. The fourth-order valence-electron chi connectivity index (χ4n) is 2.05. The summed E-state index contributed by atoms with van der Waals surface area (Å²) in [5.41, 5.74) is 2.37. The summed E-state index contributed by atoms with van der Waals surface area (Å²) in [7, 11) is 0. The number of aryl methyl sites for hydroxylation is 1. The highest BCUT2D eigenvalue weighted by molar-refractivity contribution is 5.90. The summed E-state index contributed by atoms with van der Waals surface area (Å²) in [6.07, 6.45) is 0.300. The predicted molar refractivity (Wildman–Crippen MR) is 84.7 cm³/mol. The topological polar surface area (TPSA) is 80.0 Å². The van der Waals surface area contributed by atoms with E-state index in [1.165, 1.54) is 0 Å². The highest BCUT2D eigenvalue weighted by Gasteiger charge is 2.06. The molecular formula is C16H16N4O2. The van der Waals surface area contributed by atoms with Gasteiger partial charge in [0.05, 0.1) is 0 Å². The zero-order valence-corrected chi connectivity index (χ0v) is 12.2. The summed E-state index contributed by atoms with van der Waals surface area (Å²) in [6.45, 7) is 2.31. The Kier molecular flexibility index (Phi) is 4.00. The number of rotatable bonds is 5. The van der Waals surface area contributed by atoms with Gasteiger partial charge in [-0.3, -0.25) is 4.79 Å². The minimum Gasteiger partial charge on any atom is -0.424 e. The molecule has 0 fully saturated rings. The lowest BCUT2D eigenvalue weighted by molar-refractivity contribution is -0.116. The van der Waals surface area contributed by atoms with Gasteiger partial charge >= 0.3 is 0 Å². The first-order valence-electron chi connectivity index (χ1n) is 7.04. The Morgan fingerprint density at radius 2 is 2.00 bits per heavy atom. The smallest absolute Gasteiger partial charge is 0.295 e. The van der Waals surface area contributed by atoms with Crippen molar-refractivity contribution in [1.29, 1.82) is 0 Å². The maximum Gasteiger partial charge on any atom is 0.295 e. The molecule has 112 valence electrons. The zero-order valence-electron chi connectivity index (χ0n) is 12.2. The van der Waals surface area contributed by atoms with E-state index in [-0.39, 0.29) is 5.91 Å². The van der Waals surface area contributed by atoms with E-state index >= 15 is 0 Å². The first-order chi connectivity index (χ1) is 10.7. The van der Waals surface area contributed by atoms with E-state index < -0.39 is 0 Å². The predicted octanol–water partition coefficient (Wildman–Crippen LogP) is 2.97. The van der Waals surface area contributed by atoms with E-state index in [9.17, 15) is 4.79 Å². The van der Waals surface area contributed by atoms with Gasteiger partial charge in [0, 0.05) is 18.7 Å². The van der Waals surface area contributed by atoms with Gasteiger partial charge in [-0.1, -0.05) is 18.2 Å². The van der Waals surface area contributed by atoms with Crippen molar-refractivity contribution in [2.24, 2.45) is 0 Å². The van der Waals surface area contributed by atoms with Crippen LogP contribution in [0.2, 0.25) is 0 Å². The van der Waals surface area contributed by atoms with Crippen molar-refractivity contribution in [3.05, 3.63) is 48.2 Å². The molecule has 1 amide bonds. The summed E-state index contributed by atoms with van der Waals surface area (Å²) in [5.74, 6) is 0.452. The van der Waals surface area contributed by atoms with E-state index in [1.807, 2.05) is 43.3 Å². The van der Waals surface area contributed by atoms with Crippen LogP contribution in [-0.2, 0) is 4.79 Å². The number of fused-ring (bicyclic) bond motifs is 1. The van der Waals surface area contributed by atoms with Crippen molar-refractivity contribution in [2.45, 2.75) is 13.3 Å². The Morgan fingerprint density at radius 3 is 2.82 bits per heavy atom. The number of aromatic nitrogens is 2. The second-order valence-corrected chi connectivity index (χ2v) is 4.88. The molecule has 0 spiro atoms. The highest BCUT2D eigenvalue weighted by atomic mass is 16.4. The molecule has 0 radical (unpaired) electrons. The van der Waals surface area contributed by atoms with E-state index in [0.29, 0.717) is 24.8 Å². The molecule has 0 aliphatic heterocycles. The summed E-state index contributed by atoms with van der Waals surface area (Å²) in [4.78, 5) is 20.4. The average Bonchev–Trinajstić information content (AvgIpc) is 2.90. The van der Waals surface area contributed by atoms with Crippen molar-refractivity contribution in [3.8, 4) is 0 Å². The highest BCUT2D eigenvalue weighted by Crippen LogP contribution is 2.17. The van der Waals surface area contributed by atoms with Crippen LogP contribution in [0.5, 0.6) is 0 Å². The molecule has 0 aliphatic carbocycles. The number of pyridine rings is 1. The Labute approximate surface area is 127 Å². The molecule has 0 saturated carbocycles. The second kappa shape index (κ2) is 6.26. The summed E-state index contributed by atoms with van der Waals surface area (Å²) in [5, 5.41) is 5.76. The van der Waals surface area contributed by atoms with E-state index in [2.05, 4.69) is 20.6 Å². The number of oxazole rings is 1. The molecule has 0 atom stereocenters. The number of anilines is 2. The van der Waals surface area contributed by atoms with Gasteiger partial charge in [-0.05, 0) is 31.2 Å². The van der Waals surface area contributed by atoms with Crippen LogP contribution in [0.15, 0.2) is 46.9 Å². The quantitative estimate of drug-likeness (QED) is 0.756. The van der Waals surface area contributed by atoms with Gasteiger partial charge in [0.1, 0.15) is 11.3 Å². The van der Waals surface area contributed by atoms with Crippen LogP contribution >= 0.6 is 0 Å². The van der Waals surface area contributed by atoms with Gasteiger partial charge in [-0.2, -0.15) is 4.98 Å². The molecular weight excluding hydrogens is 280 g/mol. The molecule has 22 heavy (non-hydrogen) atoms. The van der Waals surface area contributed by atoms with Gasteiger partial charge < -0.3 is 15.1 Å². The number of para-hydroxylation sites is 2. The van der Waals surface area contributed by atoms with Crippen molar-refractivity contribution in [3.63, 3.8) is 0 Å². The molecule has 0 bridgehead atoms. The molecule has 2 aromatic heterocycles. The Morgan fingerprint density at radius 1 is 1.14 bits per heavy atom. The van der Waals surface area contributed by atoms with Crippen LogP contribution in [0.4, 0.5) is 11.8 Å². The lowest BCUT2D eigenvalue weighted by Gasteiger charge is -2.05. The molecule has 2 heterocycles. The fraction of sp³-hybridized carbons (Fsp3) is 0.188. The summed E-state index contributed by atoms with van der Waals surface area (Å²) in [6, 6.07) is 13.4. The fourth-order valence-corrected chi connectivity index (χ4v) is 2.05. The molecule has 6 nitrogen and oxygen atoms in total. The van der Waals surface area contributed by atoms with E-state index in [4.69, 9.17) is 4.42 Å². The Bertz CT molecular complexity index is 764. The molecule has 0 saturated heterocycles. The van der Waals surface area contributed by atoms with Crippen LogP contribution in [0, 0.1) is 6.92 Å². The molecule has 6 heteroatoms. The minimum atomic E-state index is -0.110. The maximum absolute atomic E-state index is 11.8. The maximum atomic E-state index is 11.8. The molecule has 3 rings (SSSR count). The van der Waals surface area contributed by atoms with E-state index in [0.717, 1.165) is 16.8 Å². The van der Waals surface area contributed by atoms with Crippen molar-refractivity contribution in [2.75, 3.05) is 17.2 Å². The number of benzene rings is 1. The third-order valence-electron chi connectivity index (χ3n) is 3.08. The van der Waals surface area contributed by atoms with Crippen LogP contribution in [-0.4, -0.2) is 22.4 Å². The van der Waals surface area contributed by atoms with E-state index in [1.54, 1.807) is 6.07 Å². The van der Waals surface area contributed by atoms with Gasteiger partial charge in [0.25, 0.3) is 6.01 Å². The number of hydrogen-bond donors (Lipinski definition) is 2. The van der Waals surface area contributed by atoms with Crippen molar-refractivity contribution < 1.29 is 9.21 Å². The van der Waals surface area contributed by atoms with Crippen LogP contribution in [0.1, 0.15) is 12.1 Å². The Balaban J connectivity index is 1.51. The average molecular weight is 296 g/mol. The minimum absolute atomic E-state index is 0.110. The van der Waals surface area contributed by atoms with Crippen molar-refractivity contribution in [1.82, 2.24) is 9.97 Å². The third-order valence-corrected chi connectivity index (χ3v) is 3.08. The summed E-state index contributed by atoms with van der Waals surface area (Å²) < 4.78 is 5.52. The number of nitrogens with one attached hydrogen (secondary N) is 2. The SMILES string of the molecule is Cc1cccc(NC(=O)CCNc2nc3ccccc3o2)n1. The van der Waals surface area contributed by atoms with Gasteiger partial charge in [-0.15, -0.1) is 0 Å². The monoisotopic (exact) mass is 296 g/mol.